The zero-order chi connectivity index (χ0) is 23.1. The van der Waals surface area contributed by atoms with Gasteiger partial charge in [0.15, 0.2) is 0 Å². The van der Waals surface area contributed by atoms with Crippen LogP contribution in [0, 0.1) is 5.41 Å². The molecule has 8 heteroatoms. The number of rotatable bonds is 8. The van der Waals surface area contributed by atoms with Crippen LogP contribution in [0.1, 0.15) is 25.5 Å². The summed E-state index contributed by atoms with van der Waals surface area (Å²) >= 11 is 0. The van der Waals surface area contributed by atoms with E-state index in [9.17, 15) is 19.2 Å². The van der Waals surface area contributed by atoms with Crippen LogP contribution in [0.15, 0.2) is 71.7 Å². The van der Waals surface area contributed by atoms with Crippen LogP contribution in [0.3, 0.4) is 0 Å². The Bertz CT molecular complexity index is 1160. The minimum Gasteiger partial charge on any atom is -0.444 e. The van der Waals surface area contributed by atoms with Crippen molar-refractivity contribution in [2.75, 3.05) is 5.32 Å². The Morgan fingerprint density at radius 1 is 1.09 bits per heavy atom. The Labute approximate surface area is 184 Å². The van der Waals surface area contributed by atoms with Crippen molar-refractivity contribution in [3.05, 3.63) is 82.8 Å². The number of carbonyl (C=O) groups excluding carboxylic acids is 3. The Kier molecular flexibility index (Phi) is 6.94. The fourth-order valence-electron chi connectivity index (χ4n) is 3.12. The number of nitrogens with one attached hydrogen (secondary N) is 1. The van der Waals surface area contributed by atoms with Crippen LogP contribution in [0.25, 0.3) is 11.4 Å². The van der Waals surface area contributed by atoms with Crippen molar-refractivity contribution in [2.24, 2.45) is 5.41 Å². The molecule has 1 heterocycles. The van der Waals surface area contributed by atoms with E-state index in [2.05, 4.69) is 10.3 Å². The Morgan fingerprint density at radius 2 is 1.72 bits per heavy atom. The van der Waals surface area contributed by atoms with Crippen LogP contribution in [0.4, 0.5) is 10.5 Å². The highest BCUT2D eigenvalue weighted by molar-refractivity contribution is 5.84. The second-order valence-corrected chi connectivity index (χ2v) is 7.74. The summed E-state index contributed by atoms with van der Waals surface area (Å²) in [5, 5.41) is 2.39. The average Bonchev–Trinajstić information content (AvgIpc) is 2.81. The van der Waals surface area contributed by atoms with E-state index >= 15 is 0 Å². The van der Waals surface area contributed by atoms with Crippen molar-refractivity contribution in [1.82, 2.24) is 9.55 Å². The summed E-state index contributed by atoms with van der Waals surface area (Å²) in [5.41, 5.74) is -0.676. The third kappa shape index (κ3) is 4.97. The van der Waals surface area contributed by atoms with E-state index in [4.69, 9.17) is 4.74 Å². The number of nitrogens with zero attached hydrogens (tertiary/aromatic N) is 2. The highest BCUT2D eigenvalue weighted by Gasteiger charge is 2.34. The third-order valence-corrected chi connectivity index (χ3v) is 4.95. The summed E-state index contributed by atoms with van der Waals surface area (Å²) in [6.07, 6.45) is 1.51. The van der Waals surface area contributed by atoms with Gasteiger partial charge in [0.2, 0.25) is 0 Å². The molecule has 0 fully saturated rings. The molecule has 1 atom stereocenters. The molecule has 0 aliphatic rings. The van der Waals surface area contributed by atoms with E-state index in [1.807, 2.05) is 18.2 Å². The number of carbonyl (C=O) groups is 3. The summed E-state index contributed by atoms with van der Waals surface area (Å²) in [4.78, 5) is 53.5. The van der Waals surface area contributed by atoms with Gasteiger partial charge >= 0.3 is 6.09 Å². The standard InChI is InChI=1S/C24H23N3O5/c1-24(2,16-29)20(14-28)27-21(18-11-7-4-8-12-18)25-13-19(22(27)30)26-23(31)32-15-17-9-5-3-6-10-17/h3-14,16,20H,15H2,1-2H3,(H,26,31). The van der Waals surface area contributed by atoms with Crippen LogP contribution in [-0.4, -0.2) is 28.2 Å². The minimum absolute atomic E-state index is 0.0194. The zero-order valence-electron chi connectivity index (χ0n) is 17.7. The molecule has 164 valence electrons. The predicted molar refractivity (Wildman–Crippen MR) is 119 cm³/mol. The molecule has 1 amide bonds. The van der Waals surface area contributed by atoms with Gasteiger partial charge in [0.25, 0.3) is 5.56 Å². The van der Waals surface area contributed by atoms with Crippen molar-refractivity contribution in [3.63, 3.8) is 0 Å². The second-order valence-electron chi connectivity index (χ2n) is 7.74. The van der Waals surface area contributed by atoms with Gasteiger partial charge in [-0.2, -0.15) is 0 Å². The maximum absolute atomic E-state index is 13.3. The molecule has 3 aromatic rings. The van der Waals surface area contributed by atoms with E-state index in [1.54, 1.807) is 56.3 Å². The molecule has 2 aromatic carbocycles. The van der Waals surface area contributed by atoms with Crippen LogP contribution in [0.2, 0.25) is 0 Å². The smallest absolute Gasteiger partial charge is 0.412 e. The van der Waals surface area contributed by atoms with Crippen molar-refractivity contribution in [1.29, 1.82) is 0 Å². The van der Waals surface area contributed by atoms with Gasteiger partial charge < -0.3 is 14.3 Å². The normalized spacial score (nSPS) is 11.9. The van der Waals surface area contributed by atoms with E-state index in [0.717, 1.165) is 10.1 Å². The average molecular weight is 433 g/mol. The molecule has 0 saturated carbocycles. The lowest BCUT2D eigenvalue weighted by atomic mass is 9.86. The molecule has 8 nitrogen and oxygen atoms in total. The minimum atomic E-state index is -1.19. The molecule has 0 aliphatic carbocycles. The first-order chi connectivity index (χ1) is 15.4. The topological polar surface area (TPSA) is 107 Å². The second kappa shape index (κ2) is 9.82. The SMILES string of the molecule is CC(C)(C=O)C(C=O)n1c(-c2ccccc2)ncc(NC(=O)OCc2ccccc2)c1=O. The lowest BCUT2D eigenvalue weighted by Gasteiger charge is -2.28. The van der Waals surface area contributed by atoms with Crippen molar-refractivity contribution >= 4 is 24.4 Å². The monoisotopic (exact) mass is 433 g/mol. The molecule has 0 saturated heterocycles. The highest BCUT2D eigenvalue weighted by atomic mass is 16.5. The molecule has 0 radical (unpaired) electrons. The Balaban J connectivity index is 1.98. The van der Waals surface area contributed by atoms with Gasteiger partial charge in [-0.3, -0.25) is 14.7 Å². The summed E-state index contributed by atoms with van der Waals surface area (Å²) < 4.78 is 6.29. The summed E-state index contributed by atoms with van der Waals surface area (Å²) in [5.74, 6) is 0.200. The molecule has 0 spiro atoms. The first-order valence-corrected chi connectivity index (χ1v) is 9.93. The first kappa shape index (κ1) is 22.6. The largest absolute Gasteiger partial charge is 0.444 e. The molecule has 1 N–H and O–H groups in total. The number of anilines is 1. The molecule has 1 aromatic heterocycles. The maximum atomic E-state index is 13.3. The van der Waals surface area contributed by atoms with Gasteiger partial charge in [0.05, 0.1) is 6.20 Å². The number of hydrogen-bond donors (Lipinski definition) is 1. The fraction of sp³-hybridized carbons (Fsp3) is 0.208. The van der Waals surface area contributed by atoms with Crippen molar-refractivity contribution in [3.8, 4) is 11.4 Å². The van der Waals surface area contributed by atoms with Crippen molar-refractivity contribution in [2.45, 2.75) is 26.5 Å². The Hall–Kier alpha value is -4.07. The molecule has 32 heavy (non-hydrogen) atoms. The van der Waals surface area contributed by atoms with Crippen molar-refractivity contribution < 1.29 is 19.1 Å². The summed E-state index contributed by atoms with van der Waals surface area (Å²) in [7, 11) is 0. The first-order valence-electron chi connectivity index (χ1n) is 9.93. The molecular formula is C24H23N3O5. The quantitative estimate of drug-likeness (QED) is 0.544. The zero-order valence-corrected chi connectivity index (χ0v) is 17.7. The lowest BCUT2D eigenvalue weighted by Crippen LogP contribution is -2.39. The summed E-state index contributed by atoms with van der Waals surface area (Å²) in [6, 6.07) is 16.7. The van der Waals surface area contributed by atoms with E-state index in [0.29, 0.717) is 18.1 Å². The van der Waals surface area contributed by atoms with Crippen LogP contribution in [0.5, 0.6) is 0 Å². The van der Waals surface area contributed by atoms with Gasteiger partial charge in [0, 0.05) is 11.0 Å². The van der Waals surface area contributed by atoms with E-state index in [1.165, 1.54) is 6.20 Å². The summed E-state index contributed by atoms with van der Waals surface area (Å²) in [6.45, 7) is 3.12. The predicted octanol–water partition coefficient (Wildman–Crippen LogP) is 3.62. The molecule has 0 bridgehead atoms. The lowest BCUT2D eigenvalue weighted by molar-refractivity contribution is -0.123. The number of benzene rings is 2. The van der Waals surface area contributed by atoms with Crippen LogP contribution >= 0.6 is 0 Å². The fourth-order valence-corrected chi connectivity index (χ4v) is 3.12. The number of aromatic nitrogens is 2. The number of aldehydes is 2. The van der Waals surface area contributed by atoms with Crippen LogP contribution in [-0.2, 0) is 20.9 Å². The van der Waals surface area contributed by atoms with Gasteiger partial charge in [0.1, 0.15) is 36.7 Å². The third-order valence-electron chi connectivity index (χ3n) is 4.95. The molecule has 1 unspecified atom stereocenters. The van der Waals surface area contributed by atoms with E-state index < -0.39 is 23.1 Å². The molecular weight excluding hydrogens is 410 g/mol. The van der Waals surface area contributed by atoms with Gasteiger partial charge in [-0.15, -0.1) is 0 Å². The van der Waals surface area contributed by atoms with Crippen LogP contribution < -0.4 is 10.9 Å². The highest BCUT2D eigenvalue weighted by Crippen LogP contribution is 2.30. The molecule has 0 aliphatic heterocycles. The van der Waals surface area contributed by atoms with E-state index in [-0.39, 0.29) is 18.1 Å². The number of amides is 1. The van der Waals surface area contributed by atoms with Gasteiger partial charge in [-0.1, -0.05) is 74.5 Å². The maximum Gasteiger partial charge on any atom is 0.412 e. The number of hydrogen-bond acceptors (Lipinski definition) is 6. The Morgan fingerprint density at radius 3 is 2.31 bits per heavy atom. The molecule has 3 rings (SSSR count). The van der Waals surface area contributed by atoms with Gasteiger partial charge in [-0.05, 0) is 5.56 Å². The number of ether oxygens (including phenoxy) is 1. The van der Waals surface area contributed by atoms with Gasteiger partial charge in [-0.25, -0.2) is 9.78 Å².